The zero-order valence-corrected chi connectivity index (χ0v) is 12.7. The van der Waals surface area contributed by atoms with Crippen molar-refractivity contribution in [1.82, 2.24) is 5.32 Å². The SMILES string of the molecule is CC(C)CNC(=O)CN(C)c1ccc2c(c1)CCCN2. The molecule has 4 heteroatoms. The zero-order valence-electron chi connectivity index (χ0n) is 12.7. The summed E-state index contributed by atoms with van der Waals surface area (Å²) in [5.41, 5.74) is 3.69. The number of aryl methyl sites for hydroxylation is 1. The molecule has 0 aromatic heterocycles. The lowest BCUT2D eigenvalue weighted by Gasteiger charge is -2.23. The van der Waals surface area contributed by atoms with E-state index in [-0.39, 0.29) is 5.91 Å². The Morgan fingerprint density at radius 3 is 3.00 bits per heavy atom. The third-order valence-corrected chi connectivity index (χ3v) is 3.56. The highest BCUT2D eigenvalue weighted by atomic mass is 16.2. The maximum Gasteiger partial charge on any atom is 0.239 e. The number of anilines is 2. The molecule has 1 heterocycles. The summed E-state index contributed by atoms with van der Waals surface area (Å²) in [6.07, 6.45) is 2.29. The molecule has 0 fully saturated rings. The lowest BCUT2D eigenvalue weighted by molar-refractivity contribution is -0.119. The first kappa shape index (κ1) is 14.7. The van der Waals surface area contributed by atoms with Gasteiger partial charge in [-0.15, -0.1) is 0 Å². The van der Waals surface area contributed by atoms with Gasteiger partial charge in [-0.25, -0.2) is 0 Å². The Labute approximate surface area is 121 Å². The number of nitrogens with one attached hydrogen (secondary N) is 2. The summed E-state index contributed by atoms with van der Waals surface area (Å²) in [5, 5.41) is 6.36. The molecule has 0 unspecified atom stereocenters. The minimum absolute atomic E-state index is 0.0806. The monoisotopic (exact) mass is 275 g/mol. The number of carbonyl (C=O) groups excluding carboxylic acids is 1. The van der Waals surface area contributed by atoms with Crippen molar-refractivity contribution in [2.24, 2.45) is 5.92 Å². The van der Waals surface area contributed by atoms with Gasteiger partial charge in [-0.3, -0.25) is 4.79 Å². The van der Waals surface area contributed by atoms with Crippen molar-refractivity contribution < 1.29 is 4.79 Å². The van der Waals surface area contributed by atoms with E-state index in [1.54, 1.807) is 0 Å². The molecular weight excluding hydrogens is 250 g/mol. The van der Waals surface area contributed by atoms with Crippen LogP contribution in [0.25, 0.3) is 0 Å². The second-order valence-electron chi connectivity index (χ2n) is 5.93. The maximum atomic E-state index is 11.9. The van der Waals surface area contributed by atoms with Crippen LogP contribution in [0.2, 0.25) is 0 Å². The van der Waals surface area contributed by atoms with Crippen LogP contribution in [-0.2, 0) is 11.2 Å². The quantitative estimate of drug-likeness (QED) is 0.866. The van der Waals surface area contributed by atoms with Crippen molar-refractivity contribution in [2.45, 2.75) is 26.7 Å². The van der Waals surface area contributed by atoms with E-state index in [0.717, 1.165) is 25.2 Å². The Morgan fingerprint density at radius 2 is 2.25 bits per heavy atom. The highest BCUT2D eigenvalue weighted by molar-refractivity contribution is 5.81. The zero-order chi connectivity index (χ0) is 14.5. The summed E-state index contributed by atoms with van der Waals surface area (Å²) < 4.78 is 0. The van der Waals surface area contributed by atoms with Crippen molar-refractivity contribution in [3.63, 3.8) is 0 Å². The predicted octanol–water partition coefficient (Wildman–Crippen LogP) is 2.25. The molecule has 1 aliphatic rings. The Balaban J connectivity index is 1.95. The molecule has 2 N–H and O–H groups in total. The number of hydrogen-bond donors (Lipinski definition) is 2. The number of fused-ring (bicyclic) bond motifs is 1. The molecule has 0 aliphatic carbocycles. The first-order chi connectivity index (χ1) is 9.56. The van der Waals surface area contributed by atoms with Crippen molar-refractivity contribution in [3.8, 4) is 0 Å². The molecule has 20 heavy (non-hydrogen) atoms. The molecule has 0 saturated carbocycles. The predicted molar refractivity (Wildman–Crippen MR) is 84.4 cm³/mol. The molecule has 110 valence electrons. The summed E-state index contributed by atoms with van der Waals surface area (Å²) in [7, 11) is 1.97. The van der Waals surface area contributed by atoms with Gasteiger partial charge in [-0.2, -0.15) is 0 Å². The second kappa shape index (κ2) is 6.64. The van der Waals surface area contributed by atoms with E-state index in [2.05, 4.69) is 42.7 Å². The van der Waals surface area contributed by atoms with Crippen LogP contribution < -0.4 is 15.5 Å². The fraction of sp³-hybridized carbons (Fsp3) is 0.562. The number of amides is 1. The van der Waals surface area contributed by atoms with Gasteiger partial charge in [-0.1, -0.05) is 13.8 Å². The van der Waals surface area contributed by atoms with Gasteiger partial charge in [0.15, 0.2) is 0 Å². The van der Waals surface area contributed by atoms with Crippen LogP contribution in [0.5, 0.6) is 0 Å². The second-order valence-corrected chi connectivity index (χ2v) is 5.93. The van der Waals surface area contributed by atoms with Crippen LogP contribution in [0, 0.1) is 5.92 Å². The van der Waals surface area contributed by atoms with Crippen LogP contribution in [0.4, 0.5) is 11.4 Å². The largest absolute Gasteiger partial charge is 0.385 e. The van der Waals surface area contributed by atoms with Crippen LogP contribution in [0.15, 0.2) is 18.2 Å². The molecule has 4 nitrogen and oxygen atoms in total. The normalized spacial score (nSPS) is 13.6. The highest BCUT2D eigenvalue weighted by Crippen LogP contribution is 2.26. The van der Waals surface area contributed by atoms with Crippen molar-refractivity contribution in [1.29, 1.82) is 0 Å². The molecule has 0 atom stereocenters. The fourth-order valence-corrected chi connectivity index (χ4v) is 2.38. The lowest BCUT2D eigenvalue weighted by Crippen LogP contribution is -2.36. The van der Waals surface area contributed by atoms with Crippen LogP contribution >= 0.6 is 0 Å². The lowest BCUT2D eigenvalue weighted by atomic mass is 10.0. The summed E-state index contributed by atoms with van der Waals surface area (Å²) in [6, 6.07) is 6.39. The van der Waals surface area contributed by atoms with Gasteiger partial charge in [0.1, 0.15) is 0 Å². The maximum absolute atomic E-state index is 11.9. The van der Waals surface area contributed by atoms with E-state index in [1.165, 1.54) is 17.7 Å². The summed E-state index contributed by atoms with van der Waals surface area (Å²) in [5.74, 6) is 0.566. The molecule has 0 bridgehead atoms. The van der Waals surface area contributed by atoms with E-state index < -0.39 is 0 Å². The van der Waals surface area contributed by atoms with Crippen molar-refractivity contribution in [3.05, 3.63) is 23.8 Å². The van der Waals surface area contributed by atoms with Crippen molar-refractivity contribution >= 4 is 17.3 Å². The molecule has 1 amide bonds. The highest BCUT2D eigenvalue weighted by Gasteiger charge is 2.12. The average molecular weight is 275 g/mol. The Bertz CT molecular complexity index is 471. The minimum atomic E-state index is 0.0806. The molecule has 0 radical (unpaired) electrons. The molecular formula is C16H25N3O. The molecule has 0 spiro atoms. The minimum Gasteiger partial charge on any atom is -0.385 e. The Morgan fingerprint density at radius 1 is 1.45 bits per heavy atom. The fourth-order valence-electron chi connectivity index (χ4n) is 2.38. The van der Waals surface area contributed by atoms with Gasteiger partial charge in [0.25, 0.3) is 0 Å². The summed E-state index contributed by atoms with van der Waals surface area (Å²) in [6.45, 7) is 6.39. The van der Waals surface area contributed by atoms with E-state index >= 15 is 0 Å². The number of likely N-dealkylation sites (N-methyl/N-ethyl adjacent to an activating group) is 1. The van der Waals surface area contributed by atoms with Crippen LogP contribution in [-0.4, -0.2) is 32.6 Å². The van der Waals surface area contributed by atoms with Gasteiger partial charge in [0, 0.05) is 31.5 Å². The molecule has 1 aliphatic heterocycles. The smallest absolute Gasteiger partial charge is 0.239 e. The van der Waals surface area contributed by atoms with E-state index in [9.17, 15) is 4.79 Å². The van der Waals surface area contributed by atoms with E-state index in [0.29, 0.717) is 12.5 Å². The van der Waals surface area contributed by atoms with Crippen LogP contribution in [0.1, 0.15) is 25.8 Å². The number of carbonyl (C=O) groups is 1. The first-order valence-corrected chi connectivity index (χ1v) is 7.41. The van der Waals surface area contributed by atoms with Gasteiger partial charge < -0.3 is 15.5 Å². The topological polar surface area (TPSA) is 44.4 Å². The number of rotatable bonds is 5. The molecule has 2 rings (SSSR count). The van der Waals surface area contributed by atoms with Gasteiger partial charge >= 0.3 is 0 Å². The van der Waals surface area contributed by atoms with Crippen molar-refractivity contribution in [2.75, 3.05) is 36.9 Å². The Kier molecular flexibility index (Phi) is 4.88. The molecule has 1 aromatic rings. The standard InChI is InChI=1S/C16H25N3O/c1-12(2)10-18-16(20)11-19(3)14-6-7-15-13(9-14)5-4-8-17-15/h6-7,9,12,17H,4-5,8,10-11H2,1-3H3,(H,18,20). The number of nitrogens with zero attached hydrogens (tertiary/aromatic N) is 1. The number of benzene rings is 1. The molecule has 1 aromatic carbocycles. The van der Waals surface area contributed by atoms with Crippen LogP contribution in [0.3, 0.4) is 0 Å². The van der Waals surface area contributed by atoms with Gasteiger partial charge in [-0.05, 0) is 42.5 Å². The first-order valence-electron chi connectivity index (χ1n) is 7.41. The third kappa shape index (κ3) is 3.89. The molecule has 0 saturated heterocycles. The third-order valence-electron chi connectivity index (χ3n) is 3.56. The average Bonchev–Trinajstić information content (AvgIpc) is 2.44. The van der Waals surface area contributed by atoms with Gasteiger partial charge in [0.05, 0.1) is 6.54 Å². The number of hydrogen-bond acceptors (Lipinski definition) is 3. The summed E-state index contributed by atoms with van der Waals surface area (Å²) >= 11 is 0. The summed E-state index contributed by atoms with van der Waals surface area (Å²) in [4.78, 5) is 13.9. The van der Waals surface area contributed by atoms with Gasteiger partial charge in [0.2, 0.25) is 5.91 Å². The Hall–Kier alpha value is -1.71. The van der Waals surface area contributed by atoms with E-state index in [4.69, 9.17) is 0 Å². The van der Waals surface area contributed by atoms with E-state index in [1.807, 2.05) is 11.9 Å².